The third kappa shape index (κ3) is 5.48. The maximum atomic E-state index is 12.9. The Morgan fingerprint density at radius 3 is 2.44 bits per heavy atom. The topological polar surface area (TPSA) is 66.9 Å². The molecular weight excluding hydrogens is 496 g/mol. The quantitative estimate of drug-likeness (QED) is 0.401. The molecule has 0 radical (unpaired) electrons. The number of rotatable bonds is 6. The molecule has 5 rings (SSSR count). The maximum Gasteiger partial charge on any atom is 0.294 e. The number of amides is 3. The van der Waals surface area contributed by atoms with Crippen LogP contribution in [-0.2, 0) is 29.2 Å². The van der Waals surface area contributed by atoms with Crippen molar-refractivity contribution < 1.29 is 19.1 Å². The average molecular weight is 519 g/mol. The Bertz CT molecular complexity index is 1340. The average Bonchev–Trinajstić information content (AvgIpc) is 3.16. The third-order valence-electron chi connectivity index (χ3n) is 6.15. The van der Waals surface area contributed by atoms with Crippen molar-refractivity contribution in [2.45, 2.75) is 19.6 Å². The number of thioether (sulfide) groups is 1. The van der Waals surface area contributed by atoms with Gasteiger partial charge in [0.1, 0.15) is 18.9 Å². The molecule has 36 heavy (non-hydrogen) atoms. The lowest BCUT2D eigenvalue weighted by molar-refractivity contribution is -0.136. The minimum atomic E-state index is -0.446. The zero-order valence-electron chi connectivity index (χ0n) is 19.4. The van der Waals surface area contributed by atoms with Crippen LogP contribution in [0.25, 0.3) is 6.08 Å². The molecule has 3 aromatic rings. The standard InChI is InChI=1S/C28H23ClN2O4S/c29-23-9-5-20(6-10-23)18-35-24-11-7-19(8-12-24)15-25-27(33)31(28(34)36-25)17-26(32)30-14-13-21-3-1-2-4-22(21)16-30/h1-12,15H,13-14,16-18H2/b25-15+. The maximum absolute atomic E-state index is 12.9. The molecule has 0 bridgehead atoms. The van der Waals surface area contributed by atoms with E-state index in [0.717, 1.165) is 39.8 Å². The molecule has 2 aliphatic heterocycles. The molecule has 2 heterocycles. The number of nitrogens with zero attached hydrogens (tertiary/aromatic N) is 2. The van der Waals surface area contributed by atoms with Gasteiger partial charge in [-0.2, -0.15) is 0 Å². The fourth-order valence-corrected chi connectivity index (χ4v) is 5.10. The summed E-state index contributed by atoms with van der Waals surface area (Å²) in [4.78, 5) is 41.3. The molecule has 8 heteroatoms. The molecule has 0 saturated carbocycles. The van der Waals surface area contributed by atoms with Gasteiger partial charge in [0.25, 0.3) is 11.1 Å². The lowest BCUT2D eigenvalue weighted by Gasteiger charge is -2.29. The molecule has 0 N–H and O–H groups in total. The molecule has 3 amide bonds. The van der Waals surface area contributed by atoms with Gasteiger partial charge >= 0.3 is 0 Å². The summed E-state index contributed by atoms with van der Waals surface area (Å²) < 4.78 is 5.80. The Balaban J connectivity index is 1.19. The first-order valence-electron chi connectivity index (χ1n) is 11.5. The SMILES string of the molecule is O=C(CN1C(=O)S/C(=C/c2ccc(OCc3ccc(Cl)cc3)cc2)C1=O)N1CCc2ccccc2C1. The van der Waals surface area contributed by atoms with Crippen LogP contribution in [0.4, 0.5) is 4.79 Å². The van der Waals surface area contributed by atoms with Crippen LogP contribution in [0, 0.1) is 0 Å². The number of hydrogen-bond donors (Lipinski definition) is 0. The highest BCUT2D eigenvalue weighted by atomic mass is 35.5. The molecule has 2 aliphatic rings. The number of halogens is 1. The van der Waals surface area contributed by atoms with Gasteiger partial charge in [-0.05, 0) is 70.8 Å². The van der Waals surface area contributed by atoms with Crippen molar-refractivity contribution in [1.29, 1.82) is 0 Å². The summed E-state index contributed by atoms with van der Waals surface area (Å²) in [6.45, 7) is 1.23. The summed E-state index contributed by atoms with van der Waals surface area (Å²) in [5, 5.41) is 0.245. The van der Waals surface area contributed by atoms with Crippen LogP contribution < -0.4 is 4.74 Å². The molecule has 0 spiro atoms. The number of fused-ring (bicyclic) bond motifs is 1. The molecule has 0 aliphatic carbocycles. The summed E-state index contributed by atoms with van der Waals surface area (Å²) >= 11 is 6.76. The molecule has 1 fully saturated rings. The van der Waals surface area contributed by atoms with Gasteiger partial charge in [0.2, 0.25) is 5.91 Å². The molecular formula is C28H23ClN2O4S. The van der Waals surface area contributed by atoms with Gasteiger partial charge in [-0.1, -0.05) is 60.1 Å². The first-order chi connectivity index (χ1) is 17.5. The fourth-order valence-electron chi connectivity index (χ4n) is 4.14. The highest BCUT2D eigenvalue weighted by molar-refractivity contribution is 8.18. The molecule has 0 atom stereocenters. The Labute approximate surface area is 218 Å². The molecule has 0 aromatic heterocycles. The second-order valence-electron chi connectivity index (χ2n) is 8.59. The largest absolute Gasteiger partial charge is 0.489 e. The zero-order chi connectivity index (χ0) is 25.1. The van der Waals surface area contributed by atoms with E-state index in [1.165, 1.54) is 5.56 Å². The number of benzene rings is 3. The van der Waals surface area contributed by atoms with E-state index in [1.807, 2.05) is 66.7 Å². The fraction of sp³-hybridized carbons (Fsp3) is 0.179. The number of ether oxygens (including phenoxy) is 1. The lowest BCUT2D eigenvalue weighted by atomic mass is 10.00. The van der Waals surface area contributed by atoms with Gasteiger partial charge in [-0.3, -0.25) is 19.3 Å². The van der Waals surface area contributed by atoms with E-state index in [-0.39, 0.29) is 12.5 Å². The van der Waals surface area contributed by atoms with E-state index in [9.17, 15) is 14.4 Å². The van der Waals surface area contributed by atoms with Crippen LogP contribution in [0.2, 0.25) is 5.02 Å². The first-order valence-corrected chi connectivity index (χ1v) is 12.7. The number of carbonyl (C=O) groups is 3. The van der Waals surface area contributed by atoms with E-state index in [2.05, 4.69) is 6.07 Å². The van der Waals surface area contributed by atoms with Gasteiger partial charge in [-0.25, -0.2) is 0 Å². The molecule has 3 aromatic carbocycles. The van der Waals surface area contributed by atoms with Gasteiger partial charge in [0.05, 0.1) is 4.91 Å². The second-order valence-corrected chi connectivity index (χ2v) is 10.0. The summed E-state index contributed by atoms with van der Waals surface area (Å²) in [6, 6.07) is 22.7. The van der Waals surface area contributed by atoms with Crippen molar-refractivity contribution in [3.8, 4) is 5.75 Å². The Kier molecular flexibility index (Phi) is 7.11. The summed E-state index contributed by atoms with van der Waals surface area (Å²) in [7, 11) is 0. The van der Waals surface area contributed by atoms with E-state index < -0.39 is 11.1 Å². The highest BCUT2D eigenvalue weighted by Gasteiger charge is 2.37. The van der Waals surface area contributed by atoms with Crippen molar-refractivity contribution in [2.75, 3.05) is 13.1 Å². The normalized spacial score (nSPS) is 16.4. The van der Waals surface area contributed by atoms with Crippen molar-refractivity contribution in [2.24, 2.45) is 0 Å². The van der Waals surface area contributed by atoms with Gasteiger partial charge in [0, 0.05) is 18.1 Å². The Morgan fingerprint density at radius 2 is 1.69 bits per heavy atom. The second kappa shape index (κ2) is 10.6. The molecule has 6 nitrogen and oxygen atoms in total. The highest BCUT2D eigenvalue weighted by Crippen LogP contribution is 2.32. The van der Waals surface area contributed by atoms with Crippen molar-refractivity contribution >= 4 is 46.5 Å². The minimum absolute atomic E-state index is 0.227. The van der Waals surface area contributed by atoms with Crippen molar-refractivity contribution in [3.63, 3.8) is 0 Å². The zero-order valence-corrected chi connectivity index (χ0v) is 20.9. The van der Waals surface area contributed by atoms with E-state index in [0.29, 0.717) is 35.4 Å². The van der Waals surface area contributed by atoms with Crippen LogP contribution >= 0.6 is 23.4 Å². The van der Waals surface area contributed by atoms with Gasteiger partial charge in [-0.15, -0.1) is 0 Å². The summed E-state index contributed by atoms with van der Waals surface area (Å²) in [6.07, 6.45) is 2.43. The van der Waals surface area contributed by atoms with Crippen LogP contribution in [-0.4, -0.2) is 39.9 Å². The van der Waals surface area contributed by atoms with Crippen molar-refractivity contribution in [1.82, 2.24) is 9.80 Å². The first kappa shape index (κ1) is 24.2. The van der Waals surface area contributed by atoms with Crippen molar-refractivity contribution in [3.05, 3.63) is 105 Å². The van der Waals surface area contributed by atoms with Gasteiger partial charge in [0.15, 0.2) is 0 Å². The van der Waals surface area contributed by atoms with Crippen LogP contribution in [0.15, 0.2) is 77.7 Å². The van der Waals surface area contributed by atoms with Gasteiger partial charge < -0.3 is 9.64 Å². The molecule has 1 saturated heterocycles. The Morgan fingerprint density at radius 1 is 0.972 bits per heavy atom. The summed E-state index contributed by atoms with van der Waals surface area (Å²) in [5.74, 6) is 0.0120. The van der Waals surface area contributed by atoms with Crippen LogP contribution in [0.1, 0.15) is 22.3 Å². The van der Waals surface area contributed by atoms with E-state index in [1.54, 1.807) is 11.0 Å². The minimum Gasteiger partial charge on any atom is -0.489 e. The molecule has 0 unspecified atom stereocenters. The third-order valence-corrected chi connectivity index (χ3v) is 7.31. The number of imide groups is 1. The monoisotopic (exact) mass is 518 g/mol. The number of hydrogen-bond acceptors (Lipinski definition) is 5. The van der Waals surface area contributed by atoms with E-state index >= 15 is 0 Å². The smallest absolute Gasteiger partial charge is 0.294 e. The van der Waals surface area contributed by atoms with Crippen LogP contribution in [0.3, 0.4) is 0 Å². The molecule has 182 valence electrons. The van der Waals surface area contributed by atoms with Crippen LogP contribution in [0.5, 0.6) is 5.75 Å². The Hall–Kier alpha value is -3.55. The lowest BCUT2D eigenvalue weighted by Crippen LogP contribution is -2.44. The number of carbonyl (C=O) groups excluding carboxylic acids is 3. The van der Waals surface area contributed by atoms with E-state index in [4.69, 9.17) is 16.3 Å². The summed E-state index contributed by atoms with van der Waals surface area (Å²) in [5.41, 5.74) is 4.10. The predicted molar refractivity (Wildman–Crippen MR) is 140 cm³/mol. The predicted octanol–water partition coefficient (Wildman–Crippen LogP) is 5.54.